The number of carbonyl (C=O) groups is 2. The summed E-state index contributed by atoms with van der Waals surface area (Å²) >= 11 is 5.94. The number of hydroxylamine groups is 2. The number of amides is 2. The molecule has 7 heteroatoms. The molecule has 2 fully saturated rings. The van der Waals surface area contributed by atoms with Gasteiger partial charge >= 0.3 is 12.0 Å². The van der Waals surface area contributed by atoms with Crippen LogP contribution in [0.25, 0.3) is 0 Å². The third-order valence-corrected chi connectivity index (χ3v) is 3.37. The maximum atomic E-state index is 13.6. The summed E-state index contributed by atoms with van der Waals surface area (Å²) in [5.74, 6) is -0.854. The molecule has 0 N–H and O–H groups in total. The van der Waals surface area contributed by atoms with Crippen LogP contribution in [-0.4, -0.2) is 28.3 Å². The maximum Gasteiger partial charge on any atom is 0.447 e. The van der Waals surface area contributed by atoms with Crippen LogP contribution in [0.5, 0.6) is 0 Å². The van der Waals surface area contributed by atoms with Gasteiger partial charge in [-0.15, -0.1) is 5.06 Å². The minimum absolute atomic E-state index is 0.103. The summed E-state index contributed by atoms with van der Waals surface area (Å²) in [5, 5.41) is -1.26. The van der Waals surface area contributed by atoms with Crippen molar-refractivity contribution in [2.75, 3.05) is 0 Å². The maximum absolute atomic E-state index is 13.6. The standard InChI is InChI=1S/C11H13ClFNO4/c1-6(2)8-9(15)14(10(16)17-8)18-11(12)5-3-4-7(11)13/h7H,3-5H2,1-2H3. The molecular weight excluding hydrogens is 265 g/mol. The lowest BCUT2D eigenvalue weighted by atomic mass is 10.3. The van der Waals surface area contributed by atoms with Crippen LogP contribution in [0, 0.1) is 0 Å². The Balaban J connectivity index is 2.18. The quantitative estimate of drug-likeness (QED) is 0.575. The van der Waals surface area contributed by atoms with Gasteiger partial charge in [-0.3, -0.25) is 4.79 Å². The Kier molecular flexibility index (Phi) is 3.33. The normalized spacial score (nSPS) is 32.1. The molecule has 0 aromatic rings. The van der Waals surface area contributed by atoms with Crippen molar-refractivity contribution in [1.82, 2.24) is 5.06 Å². The number of hydrogen-bond donors (Lipinski definition) is 0. The van der Waals surface area contributed by atoms with Gasteiger partial charge in [0.1, 0.15) is 6.17 Å². The van der Waals surface area contributed by atoms with Gasteiger partial charge in [0.15, 0.2) is 5.76 Å². The number of carbonyl (C=O) groups excluding carboxylic acids is 2. The summed E-state index contributed by atoms with van der Waals surface area (Å²) in [6, 6.07) is 0. The van der Waals surface area contributed by atoms with Crippen molar-refractivity contribution < 1.29 is 23.6 Å². The molecule has 2 rings (SSSR count). The van der Waals surface area contributed by atoms with Gasteiger partial charge in [0.05, 0.1) is 0 Å². The van der Waals surface area contributed by atoms with Crippen molar-refractivity contribution in [2.45, 2.75) is 44.3 Å². The van der Waals surface area contributed by atoms with Gasteiger partial charge in [-0.1, -0.05) is 11.6 Å². The van der Waals surface area contributed by atoms with Crippen LogP contribution in [0.2, 0.25) is 0 Å². The van der Waals surface area contributed by atoms with E-state index in [9.17, 15) is 14.0 Å². The van der Waals surface area contributed by atoms with Gasteiger partial charge in [-0.05, 0) is 38.7 Å². The SMILES string of the molecule is CC(C)=C1OC(=O)N(OC2(Cl)CCCC2F)C1=O. The van der Waals surface area contributed by atoms with E-state index >= 15 is 0 Å². The first kappa shape index (κ1) is 13.3. The Labute approximate surface area is 108 Å². The molecule has 100 valence electrons. The number of ether oxygens (including phenoxy) is 1. The van der Waals surface area contributed by atoms with E-state index in [0.29, 0.717) is 17.1 Å². The summed E-state index contributed by atoms with van der Waals surface area (Å²) in [5.41, 5.74) is 0.534. The van der Waals surface area contributed by atoms with E-state index in [0.717, 1.165) is 0 Å². The van der Waals surface area contributed by atoms with E-state index < -0.39 is 23.2 Å². The summed E-state index contributed by atoms with van der Waals surface area (Å²) in [4.78, 5) is 28.3. The van der Waals surface area contributed by atoms with Gasteiger partial charge in [0, 0.05) is 0 Å². The minimum Gasteiger partial charge on any atom is -0.402 e. The lowest BCUT2D eigenvalue weighted by Gasteiger charge is -2.26. The third-order valence-electron chi connectivity index (χ3n) is 2.87. The van der Waals surface area contributed by atoms with Crippen LogP contribution >= 0.6 is 11.6 Å². The molecule has 2 unspecified atom stereocenters. The van der Waals surface area contributed by atoms with E-state index in [1.54, 1.807) is 13.8 Å². The topological polar surface area (TPSA) is 55.8 Å². The molecule has 2 aliphatic rings. The van der Waals surface area contributed by atoms with E-state index in [-0.39, 0.29) is 18.6 Å². The number of nitrogens with zero attached hydrogens (tertiary/aromatic N) is 1. The fourth-order valence-electron chi connectivity index (χ4n) is 1.89. The number of alkyl halides is 2. The zero-order chi connectivity index (χ0) is 13.5. The number of allylic oxidation sites excluding steroid dienone is 1. The van der Waals surface area contributed by atoms with Crippen LogP contribution in [0.3, 0.4) is 0 Å². The second-order valence-corrected chi connectivity index (χ2v) is 5.17. The molecule has 1 aliphatic heterocycles. The zero-order valence-electron chi connectivity index (χ0n) is 10.0. The van der Waals surface area contributed by atoms with Crippen LogP contribution in [-0.2, 0) is 14.4 Å². The van der Waals surface area contributed by atoms with Gasteiger partial charge in [-0.25, -0.2) is 14.0 Å². The van der Waals surface area contributed by atoms with Gasteiger partial charge in [-0.2, -0.15) is 0 Å². The minimum atomic E-state index is -1.66. The molecule has 2 atom stereocenters. The van der Waals surface area contributed by atoms with Crippen LogP contribution in [0.15, 0.2) is 11.3 Å². The number of hydrogen-bond acceptors (Lipinski definition) is 4. The third kappa shape index (κ3) is 2.10. The average molecular weight is 278 g/mol. The number of cyclic esters (lactones) is 1. The van der Waals surface area contributed by atoms with E-state index in [4.69, 9.17) is 21.2 Å². The second-order valence-electron chi connectivity index (χ2n) is 4.53. The van der Waals surface area contributed by atoms with Crippen molar-refractivity contribution in [3.63, 3.8) is 0 Å². The Morgan fingerprint density at radius 3 is 2.67 bits per heavy atom. The number of imide groups is 1. The van der Waals surface area contributed by atoms with Crippen molar-refractivity contribution in [3.05, 3.63) is 11.3 Å². The highest BCUT2D eigenvalue weighted by atomic mass is 35.5. The molecule has 0 spiro atoms. The average Bonchev–Trinajstić information content (AvgIpc) is 2.74. The molecule has 1 saturated carbocycles. The van der Waals surface area contributed by atoms with Crippen molar-refractivity contribution >= 4 is 23.6 Å². The molecule has 1 heterocycles. The van der Waals surface area contributed by atoms with E-state index in [1.165, 1.54) is 0 Å². The summed E-state index contributed by atoms with van der Waals surface area (Å²) < 4.78 is 18.3. The van der Waals surface area contributed by atoms with Gasteiger partial charge in [0.2, 0.25) is 5.06 Å². The molecule has 18 heavy (non-hydrogen) atoms. The molecule has 0 aromatic carbocycles. The highest BCUT2D eigenvalue weighted by molar-refractivity contribution is 6.23. The van der Waals surface area contributed by atoms with Crippen molar-refractivity contribution in [3.8, 4) is 0 Å². The molecule has 1 aliphatic carbocycles. The summed E-state index contributed by atoms with van der Waals surface area (Å²) in [7, 11) is 0. The Morgan fingerprint density at radius 1 is 1.56 bits per heavy atom. The smallest absolute Gasteiger partial charge is 0.402 e. The molecule has 1 saturated heterocycles. The molecule has 5 nitrogen and oxygen atoms in total. The van der Waals surface area contributed by atoms with Crippen LogP contribution in [0.1, 0.15) is 33.1 Å². The fraction of sp³-hybridized carbons (Fsp3) is 0.636. The van der Waals surface area contributed by atoms with Crippen LogP contribution in [0.4, 0.5) is 9.18 Å². The molecule has 0 bridgehead atoms. The molecule has 0 aromatic heterocycles. The predicted octanol–water partition coefficient (Wildman–Crippen LogP) is 2.65. The van der Waals surface area contributed by atoms with Crippen LogP contribution < -0.4 is 0 Å². The van der Waals surface area contributed by atoms with Crippen molar-refractivity contribution in [2.24, 2.45) is 0 Å². The number of rotatable bonds is 2. The van der Waals surface area contributed by atoms with Gasteiger partial charge in [0.25, 0.3) is 0 Å². The molecule has 2 amide bonds. The monoisotopic (exact) mass is 277 g/mol. The van der Waals surface area contributed by atoms with Crippen molar-refractivity contribution in [1.29, 1.82) is 0 Å². The molecular formula is C11H13ClFNO4. The van der Waals surface area contributed by atoms with E-state index in [1.807, 2.05) is 0 Å². The second kappa shape index (κ2) is 4.51. The predicted molar refractivity (Wildman–Crippen MR) is 60.1 cm³/mol. The lowest BCUT2D eigenvalue weighted by Crippen LogP contribution is -2.42. The Bertz CT molecular complexity index is 435. The first-order chi connectivity index (χ1) is 8.35. The summed E-state index contributed by atoms with van der Waals surface area (Å²) in [6.45, 7) is 3.24. The first-order valence-electron chi connectivity index (χ1n) is 5.61. The van der Waals surface area contributed by atoms with Gasteiger partial charge < -0.3 is 4.74 Å². The largest absolute Gasteiger partial charge is 0.447 e. The Hall–Kier alpha value is -1.14. The highest BCUT2D eigenvalue weighted by Crippen LogP contribution is 2.41. The first-order valence-corrected chi connectivity index (χ1v) is 5.99. The van der Waals surface area contributed by atoms with E-state index in [2.05, 4.69) is 0 Å². The zero-order valence-corrected chi connectivity index (χ0v) is 10.8. The Morgan fingerprint density at radius 2 is 2.22 bits per heavy atom. The summed E-state index contributed by atoms with van der Waals surface area (Å²) in [6.07, 6.45) is -1.39. The fourth-order valence-corrected chi connectivity index (χ4v) is 2.20. The molecule has 0 radical (unpaired) electrons. The highest BCUT2D eigenvalue weighted by Gasteiger charge is 2.50. The lowest BCUT2D eigenvalue weighted by molar-refractivity contribution is -0.196. The number of halogens is 2.